The maximum absolute atomic E-state index is 12.5. The third-order valence-corrected chi connectivity index (χ3v) is 10.7. The maximum Gasteiger partial charge on any atom is 0.469 e. The molecule has 0 aromatic carbocycles. The summed E-state index contributed by atoms with van der Waals surface area (Å²) in [5.74, 6) is -1.56. The Hall–Kier alpha value is -1.62. The average Bonchev–Trinajstić information content (AvgIpc) is 3.38. The van der Waals surface area contributed by atoms with Gasteiger partial charge < -0.3 is 29.5 Å². The van der Waals surface area contributed by atoms with Crippen LogP contribution in [0.1, 0.15) is 187 Å². The number of phosphoric acid groups is 1. The van der Waals surface area contributed by atoms with Crippen LogP contribution in [0.4, 0.5) is 0 Å². The summed E-state index contributed by atoms with van der Waals surface area (Å²) in [6, 6.07) is 0. The average molecular weight is 775 g/mol. The molecule has 1 fully saturated rings. The highest BCUT2D eigenvalue weighted by molar-refractivity contribution is 7.46. The minimum atomic E-state index is -4.81. The first kappa shape index (κ1) is 49.4. The van der Waals surface area contributed by atoms with Crippen molar-refractivity contribution >= 4 is 25.5 Å². The topological polar surface area (TPSA) is 177 Å². The van der Waals surface area contributed by atoms with E-state index in [0.717, 1.165) is 57.8 Å². The van der Waals surface area contributed by atoms with E-state index in [2.05, 4.69) is 18.4 Å². The number of ketones is 1. The van der Waals surface area contributed by atoms with E-state index < -0.39 is 44.7 Å². The van der Waals surface area contributed by atoms with Crippen LogP contribution in [0.3, 0.4) is 0 Å². The van der Waals surface area contributed by atoms with E-state index in [1.807, 2.05) is 6.08 Å². The molecule has 0 aliphatic heterocycles. The summed E-state index contributed by atoms with van der Waals surface area (Å²) in [7, 11) is -4.81. The minimum absolute atomic E-state index is 0.0454. The van der Waals surface area contributed by atoms with E-state index in [-0.39, 0.29) is 43.5 Å². The summed E-state index contributed by atoms with van der Waals surface area (Å²) in [5, 5.41) is 20.6. The molecule has 0 saturated heterocycles. The zero-order valence-corrected chi connectivity index (χ0v) is 34.0. The second-order valence-corrected chi connectivity index (χ2v) is 16.3. The molecule has 53 heavy (non-hydrogen) atoms. The molecule has 1 aliphatic rings. The van der Waals surface area contributed by atoms with Gasteiger partial charge in [-0.15, -0.1) is 0 Å². The molecule has 0 aromatic rings. The van der Waals surface area contributed by atoms with Gasteiger partial charge in [0.2, 0.25) is 0 Å². The normalized spacial score (nSPS) is 18.8. The molecule has 5 atom stereocenters. The van der Waals surface area contributed by atoms with Crippen molar-refractivity contribution in [2.24, 2.45) is 11.8 Å². The van der Waals surface area contributed by atoms with Gasteiger partial charge in [-0.1, -0.05) is 154 Å². The third-order valence-electron chi connectivity index (χ3n) is 10.2. The van der Waals surface area contributed by atoms with Gasteiger partial charge in [-0.05, 0) is 25.7 Å². The van der Waals surface area contributed by atoms with E-state index in [1.165, 1.54) is 70.6 Å². The Morgan fingerprint density at radius 1 is 0.736 bits per heavy atom. The number of Topliss-reactive ketones (excluding diaryl/α,β-unsaturated/α-hetero) is 1. The number of aliphatic hydroxyl groups excluding tert-OH is 2. The Labute approximate surface area is 320 Å². The van der Waals surface area contributed by atoms with Crippen LogP contribution in [0, 0.1) is 11.8 Å². The van der Waals surface area contributed by atoms with Crippen LogP contribution in [0.25, 0.3) is 0 Å². The highest BCUT2D eigenvalue weighted by Crippen LogP contribution is 2.36. The third kappa shape index (κ3) is 27.6. The molecular formula is C41H75O11P. The Kier molecular flexibility index (Phi) is 29.4. The molecule has 11 nitrogen and oxygen atoms in total. The van der Waals surface area contributed by atoms with E-state index in [9.17, 15) is 29.2 Å². The van der Waals surface area contributed by atoms with Crippen LogP contribution in [0.5, 0.6) is 0 Å². The fraction of sp³-hybridized carbons (Fsp3) is 0.878. The van der Waals surface area contributed by atoms with E-state index in [0.29, 0.717) is 25.7 Å². The van der Waals surface area contributed by atoms with Crippen molar-refractivity contribution in [3.63, 3.8) is 0 Å². The lowest BCUT2D eigenvalue weighted by Gasteiger charge is -2.18. The molecule has 0 bridgehead atoms. The quantitative estimate of drug-likeness (QED) is 0.0209. The molecule has 310 valence electrons. The van der Waals surface area contributed by atoms with Crippen molar-refractivity contribution in [2.45, 2.75) is 206 Å². The number of esters is 2. The first-order valence-electron chi connectivity index (χ1n) is 21.1. The molecule has 1 saturated carbocycles. The number of carbonyl (C=O) groups excluding carboxylic acids is 3. The number of rotatable bonds is 35. The van der Waals surface area contributed by atoms with Crippen LogP contribution in [-0.4, -0.2) is 69.2 Å². The zero-order valence-electron chi connectivity index (χ0n) is 33.1. The number of carbonyl (C=O) groups is 3. The number of phosphoric ester groups is 1. The smallest absolute Gasteiger partial charge is 0.462 e. The minimum Gasteiger partial charge on any atom is -0.462 e. The van der Waals surface area contributed by atoms with Crippen molar-refractivity contribution < 1.29 is 52.9 Å². The highest BCUT2D eigenvalue weighted by atomic mass is 31.2. The molecule has 1 aliphatic carbocycles. The van der Waals surface area contributed by atoms with Gasteiger partial charge in [-0.3, -0.25) is 18.9 Å². The van der Waals surface area contributed by atoms with Gasteiger partial charge in [-0.25, -0.2) is 4.57 Å². The summed E-state index contributed by atoms with van der Waals surface area (Å²) >= 11 is 0. The van der Waals surface area contributed by atoms with Gasteiger partial charge >= 0.3 is 19.8 Å². The molecule has 0 aromatic heterocycles. The van der Waals surface area contributed by atoms with Crippen LogP contribution >= 0.6 is 7.82 Å². The van der Waals surface area contributed by atoms with Crippen molar-refractivity contribution in [1.82, 2.24) is 0 Å². The first-order valence-corrected chi connectivity index (χ1v) is 22.6. The van der Waals surface area contributed by atoms with E-state index >= 15 is 0 Å². The standard InChI is InChI=1S/C41H75O11P/c1-3-5-7-8-9-10-11-12-13-14-15-16-17-18-24-28-41(46)52-35(33-51-53(47,48)49)32-50-40(45)27-23-20-19-22-26-36-37(39(44)31-38(36)43)30-29-34(42)25-21-6-4-2/h29-30,34-37,39,42,44H,3-28,31-33H2,1-2H3,(H2,47,48,49)/b30-29+/t34-,35+,36+,37+,39+/m0/s1. The number of ether oxygens (including phenoxy) is 2. The predicted octanol–water partition coefficient (Wildman–Crippen LogP) is 9.22. The lowest BCUT2D eigenvalue weighted by atomic mass is 9.88. The van der Waals surface area contributed by atoms with Crippen molar-refractivity contribution in [1.29, 1.82) is 0 Å². The molecule has 4 N–H and O–H groups in total. The summed E-state index contributed by atoms with van der Waals surface area (Å²) < 4.78 is 26.4. The molecule has 0 radical (unpaired) electrons. The van der Waals surface area contributed by atoms with Crippen LogP contribution in [0.2, 0.25) is 0 Å². The van der Waals surface area contributed by atoms with Gasteiger partial charge in [0.05, 0.1) is 18.8 Å². The summed E-state index contributed by atoms with van der Waals surface area (Å²) in [6.45, 7) is 3.39. The molecular weight excluding hydrogens is 699 g/mol. The zero-order chi connectivity index (χ0) is 39.2. The van der Waals surface area contributed by atoms with Gasteiger partial charge in [0.15, 0.2) is 6.10 Å². The fourth-order valence-corrected chi connectivity index (χ4v) is 7.34. The van der Waals surface area contributed by atoms with Crippen LogP contribution < -0.4 is 0 Å². The van der Waals surface area contributed by atoms with Gasteiger partial charge in [0.25, 0.3) is 0 Å². The summed E-state index contributed by atoms with van der Waals surface area (Å²) in [4.78, 5) is 55.6. The molecule has 0 heterocycles. The maximum atomic E-state index is 12.5. The van der Waals surface area contributed by atoms with E-state index in [4.69, 9.17) is 19.3 Å². The van der Waals surface area contributed by atoms with Crippen molar-refractivity contribution in [3.05, 3.63) is 12.2 Å². The SMILES string of the molecule is CCCCCCCCCCCCCCCCCC(=O)O[C@H](COC(=O)CCCCCC[C@H]1C(=O)C[C@@H](O)[C@@H]1/C=C/[C@@H](O)CCCCC)COP(=O)(O)O. The Morgan fingerprint density at radius 2 is 1.23 bits per heavy atom. The molecule has 0 amide bonds. The largest absolute Gasteiger partial charge is 0.469 e. The first-order chi connectivity index (χ1) is 25.5. The van der Waals surface area contributed by atoms with Gasteiger partial charge in [0.1, 0.15) is 12.4 Å². The number of unbranched alkanes of at least 4 members (excludes halogenated alkanes) is 19. The van der Waals surface area contributed by atoms with Crippen molar-refractivity contribution in [3.8, 4) is 0 Å². The van der Waals surface area contributed by atoms with Crippen molar-refractivity contribution in [2.75, 3.05) is 13.2 Å². The number of hydrogen-bond donors (Lipinski definition) is 4. The molecule has 12 heteroatoms. The Balaban J connectivity index is 2.25. The number of aliphatic hydroxyl groups is 2. The highest BCUT2D eigenvalue weighted by Gasteiger charge is 2.39. The van der Waals surface area contributed by atoms with E-state index in [1.54, 1.807) is 6.08 Å². The summed E-state index contributed by atoms with van der Waals surface area (Å²) in [5.41, 5.74) is 0. The second kappa shape index (κ2) is 31.6. The molecule has 1 rings (SSSR count). The fourth-order valence-electron chi connectivity index (χ4n) is 6.98. The van der Waals surface area contributed by atoms with Crippen LogP contribution in [0.15, 0.2) is 12.2 Å². The van der Waals surface area contributed by atoms with Gasteiger partial charge in [-0.2, -0.15) is 0 Å². The summed E-state index contributed by atoms with van der Waals surface area (Å²) in [6.07, 6.45) is 26.9. The Morgan fingerprint density at radius 3 is 1.77 bits per heavy atom. The number of hydrogen-bond acceptors (Lipinski definition) is 9. The predicted molar refractivity (Wildman–Crippen MR) is 208 cm³/mol. The van der Waals surface area contributed by atoms with Crippen LogP contribution in [-0.2, 0) is 32.9 Å². The lowest BCUT2D eigenvalue weighted by molar-refractivity contribution is -0.161. The lowest BCUT2D eigenvalue weighted by Crippen LogP contribution is -2.29. The Bertz CT molecular complexity index is 1030. The second-order valence-electron chi connectivity index (χ2n) is 15.1. The molecule has 0 spiro atoms. The molecule has 0 unspecified atom stereocenters. The monoisotopic (exact) mass is 775 g/mol. The van der Waals surface area contributed by atoms with Gasteiger partial charge in [0, 0.05) is 31.1 Å².